The van der Waals surface area contributed by atoms with Crippen molar-refractivity contribution in [1.82, 2.24) is 0 Å². The summed E-state index contributed by atoms with van der Waals surface area (Å²) in [5, 5.41) is 0.0825. The molecule has 2 rings (SSSR count). The van der Waals surface area contributed by atoms with E-state index < -0.39 is 17.8 Å². The molecule has 0 aliphatic heterocycles. The van der Waals surface area contributed by atoms with Crippen LogP contribution in [0.2, 0.25) is 5.02 Å². The molecule has 0 spiro atoms. The Morgan fingerprint density at radius 1 is 1.31 bits per heavy atom. The van der Waals surface area contributed by atoms with Crippen molar-refractivity contribution in [2.45, 2.75) is 25.1 Å². The van der Waals surface area contributed by atoms with Crippen LogP contribution in [-0.4, -0.2) is 0 Å². The summed E-state index contributed by atoms with van der Waals surface area (Å²) >= 11 is 5.58. The molecule has 1 aromatic carbocycles. The molecule has 0 saturated heterocycles. The monoisotopic (exact) mass is 249 g/mol. The zero-order chi connectivity index (χ0) is 11.9. The second kappa shape index (κ2) is 3.93. The minimum atomic E-state index is -4.40. The standard InChI is InChI=1S/C11H11ClF3N/c12-7-3-4-8(10(16)6-1-2-6)9(5-7)11(13,14)15/h3-6,10H,1-2,16H2/t10-/m0/s1. The number of rotatable bonds is 2. The topological polar surface area (TPSA) is 26.0 Å². The van der Waals surface area contributed by atoms with Crippen molar-refractivity contribution in [2.75, 3.05) is 0 Å². The average molecular weight is 250 g/mol. The highest BCUT2D eigenvalue weighted by Gasteiger charge is 2.38. The molecule has 0 unspecified atom stereocenters. The van der Waals surface area contributed by atoms with Crippen molar-refractivity contribution in [3.63, 3.8) is 0 Å². The second-order valence-electron chi connectivity index (χ2n) is 4.09. The molecule has 1 aliphatic rings. The number of hydrogen-bond acceptors (Lipinski definition) is 1. The lowest BCUT2D eigenvalue weighted by atomic mass is 9.97. The van der Waals surface area contributed by atoms with Gasteiger partial charge in [-0.05, 0) is 36.5 Å². The third kappa shape index (κ3) is 2.33. The summed E-state index contributed by atoms with van der Waals surface area (Å²) in [5.41, 5.74) is 5.25. The first kappa shape index (κ1) is 11.7. The molecule has 0 amide bonds. The van der Waals surface area contributed by atoms with Crippen LogP contribution in [0.15, 0.2) is 18.2 Å². The molecule has 1 saturated carbocycles. The van der Waals surface area contributed by atoms with E-state index in [1.807, 2.05) is 0 Å². The fourth-order valence-corrected chi connectivity index (χ4v) is 1.95. The lowest BCUT2D eigenvalue weighted by molar-refractivity contribution is -0.138. The summed E-state index contributed by atoms with van der Waals surface area (Å²) in [6.45, 7) is 0. The van der Waals surface area contributed by atoms with E-state index in [9.17, 15) is 13.2 Å². The quantitative estimate of drug-likeness (QED) is 0.848. The Hall–Kier alpha value is -0.740. The molecule has 1 atom stereocenters. The Morgan fingerprint density at radius 3 is 2.44 bits per heavy atom. The maximum absolute atomic E-state index is 12.8. The van der Waals surface area contributed by atoms with Gasteiger partial charge < -0.3 is 5.73 Å². The molecule has 0 bridgehead atoms. The van der Waals surface area contributed by atoms with Gasteiger partial charge in [0.05, 0.1) is 5.56 Å². The normalized spacial score (nSPS) is 18.6. The highest BCUT2D eigenvalue weighted by Crippen LogP contribution is 2.44. The lowest BCUT2D eigenvalue weighted by Gasteiger charge is -2.18. The molecule has 5 heteroatoms. The number of hydrogen-bond donors (Lipinski definition) is 1. The summed E-state index contributed by atoms with van der Waals surface area (Å²) in [6.07, 6.45) is -2.59. The van der Waals surface area contributed by atoms with Crippen molar-refractivity contribution in [1.29, 1.82) is 0 Å². The summed E-state index contributed by atoms with van der Waals surface area (Å²) in [4.78, 5) is 0. The minimum Gasteiger partial charge on any atom is -0.324 e. The van der Waals surface area contributed by atoms with Crippen LogP contribution in [0.25, 0.3) is 0 Å². The molecule has 0 heterocycles. The van der Waals surface area contributed by atoms with Crippen LogP contribution in [0, 0.1) is 5.92 Å². The Kier molecular flexibility index (Phi) is 2.88. The smallest absolute Gasteiger partial charge is 0.324 e. The number of nitrogens with two attached hydrogens (primary N) is 1. The maximum atomic E-state index is 12.8. The summed E-state index contributed by atoms with van der Waals surface area (Å²) in [5.74, 6) is 0.183. The predicted octanol–water partition coefficient (Wildman–Crippen LogP) is 3.77. The molecule has 0 aromatic heterocycles. The third-order valence-electron chi connectivity index (χ3n) is 2.81. The van der Waals surface area contributed by atoms with Gasteiger partial charge in [-0.3, -0.25) is 0 Å². The van der Waals surface area contributed by atoms with E-state index in [1.54, 1.807) is 0 Å². The van der Waals surface area contributed by atoms with Gasteiger partial charge in [-0.1, -0.05) is 17.7 Å². The lowest BCUT2D eigenvalue weighted by Crippen LogP contribution is -2.18. The number of benzene rings is 1. The Balaban J connectivity index is 2.43. The molecule has 1 fully saturated rings. The fraction of sp³-hybridized carbons (Fsp3) is 0.455. The Bertz CT molecular complexity index is 399. The summed E-state index contributed by atoms with van der Waals surface area (Å²) in [7, 11) is 0. The molecule has 2 N–H and O–H groups in total. The molecule has 1 aliphatic carbocycles. The van der Waals surface area contributed by atoms with Gasteiger partial charge in [0.25, 0.3) is 0 Å². The Morgan fingerprint density at radius 2 is 1.94 bits per heavy atom. The van der Waals surface area contributed by atoms with Crippen molar-refractivity contribution in [3.05, 3.63) is 34.3 Å². The van der Waals surface area contributed by atoms with Crippen LogP contribution in [-0.2, 0) is 6.18 Å². The molecular formula is C11H11ClF3N. The van der Waals surface area contributed by atoms with E-state index in [0.29, 0.717) is 0 Å². The van der Waals surface area contributed by atoms with E-state index in [4.69, 9.17) is 17.3 Å². The van der Waals surface area contributed by atoms with Crippen molar-refractivity contribution >= 4 is 11.6 Å². The van der Waals surface area contributed by atoms with Crippen molar-refractivity contribution in [3.8, 4) is 0 Å². The summed E-state index contributed by atoms with van der Waals surface area (Å²) in [6, 6.07) is 3.25. The van der Waals surface area contributed by atoms with Crippen LogP contribution in [0.5, 0.6) is 0 Å². The van der Waals surface area contributed by atoms with Gasteiger partial charge in [0.15, 0.2) is 0 Å². The Labute approximate surface area is 96.4 Å². The zero-order valence-electron chi connectivity index (χ0n) is 8.39. The highest BCUT2D eigenvalue weighted by atomic mass is 35.5. The van der Waals surface area contributed by atoms with Crippen LogP contribution in [0.4, 0.5) is 13.2 Å². The van der Waals surface area contributed by atoms with Gasteiger partial charge in [0, 0.05) is 11.1 Å². The van der Waals surface area contributed by atoms with Crippen LogP contribution in [0.1, 0.15) is 30.0 Å². The average Bonchev–Trinajstić information content (AvgIpc) is 2.98. The number of halogens is 4. The molecule has 1 aromatic rings. The molecule has 88 valence electrons. The molecule has 16 heavy (non-hydrogen) atoms. The van der Waals surface area contributed by atoms with Gasteiger partial charge >= 0.3 is 6.18 Å². The second-order valence-corrected chi connectivity index (χ2v) is 4.53. The first-order valence-electron chi connectivity index (χ1n) is 5.02. The first-order chi connectivity index (χ1) is 7.39. The maximum Gasteiger partial charge on any atom is 0.416 e. The molecule has 0 radical (unpaired) electrons. The van der Waals surface area contributed by atoms with E-state index in [1.165, 1.54) is 12.1 Å². The van der Waals surface area contributed by atoms with Crippen molar-refractivity contribution in [2.24, 2.45) is 11.7 Å². The van der Waals surface area contributed by atoms with Gasteiger partial charge in [0.1, 0.15) is 0 Å². The largest absolute Gasteiger partial charge is 0.416 e. The molecule has 1 nitrogen and oxygen atoms in total. The zero-order valence-corrected chi connectivity index (χ0v) is 9.15. The molecular weight excluding hydrogens is 239 g/mol. The van der Waals surface area contributed by atoms with E-state index in [2.05, 4.69) is 0 Å². The van der Waals surface area contributed by atoms with Gasteiger partial charge in [-0.25, -0.2) is 0 Å². The van der Waals surface area contributed by atoms with Crippen molar-refractivity contribution < 1.29 is 13.2 Å². The van der Waals surface area contributed by atoms with Gasteiger partial charge in [-0.15, -0.1) is 0 Å². The van der Waals surface area contributed by atoms with E-state index in [0.717, 1.165) is 18.9 Å². The number of alkyl halides is 3. The minimum absolute atomic E-state index is 0.0825. The SMILES string of the molecule is N[C@H](c1ccc(Cl)cc1C(F)(F)F)C1CC1. The predicted molar refractivity (Wildman–Crippen MR) is 56.1 cm³/mol. The fourth-order valence-electron chi connectivity index (χ4n) is 1.77. The van der Waals surface area contributed by atoms with Crippen LogP contribution < -0.4 is 5.73 Å². The van der Waals surface area contributed by atoms with Gasteiger partial charge in [0.2, 0.25) is 0 Å². The van der Waals surface area contributed by atoms with E-state index >= 15 is 0 Å². The third-order valence-corrected chi connectivity index (χ3v) is 3.04. The van der Waals surface area contributed by atoms with Crippen LogP contribution >= 0.6 is 11.6 Å². The highest BCUT2D eigenvalue weighted by molar-refractivity contribution is 6.30. The van der Waals surface area contributed by atoms with Gasteiger partial charge in [-0.2, -0.15) is 13.2 Å². The summed E-state index contributed by atoms with van der Waals surface area (Å²) < 4.78 is 38.3. The van der Waals surface area contributed by atoms with E-state index in [-0.39, 0.29) is 16.5 Å². The first-order valence-corrected chi connectivity index (χ1v) is 5.39. The van der Waals surface area contributed by atoms with Crippen LogP contribution in [0.3, 0.4) is 0 Å².